The quantitative estimate of drug-likeness (QED) is 0.606. The van der Waals surface area contributed by atoms with Crippen molar-refractivity contribution in [3.8, 4) is 0 Å². The van der Waals surface area contributed by atoms with Crippen molar-refractivity contribution < 1.29 is 23.9 Å². The van der Waals surface area contributed by atoms with Crippen molar-refractivity contribution in [3.05, 3.63) is 65.2 Å². The number of urea groups is 1. The minimum atomic E-state index is -0.651. The zero-order valence-electron chi connectivity index (χ0n) is 16.1. The lowest BCUT2D eigenvalue weighted by molar-refractivity contribution is -0.119. The van der Waals surface area contributed by atoms with Gasteiger partial charge in [-0.2, -0.15) is 0 Å². The van der Waals surface area contributed by atoms with E-state index in [1.807, 2.05) is 0 Å². The van der Waals surface area contributed by atoms with Crippen molar-refractivity contribution >= 4 is 29.5 Å². The van der Waals surface area contributed by atoms with Crippen LogP contribution in [0.3, 0.4) is 0 Å². The maximum absolute atomic E-state index is 12.0. The first-order chi connectivity index (χ1) is 13.8. The zero-order valence-corrected chi connectivity index (χ0v) is 16.1. The number of primary amides is 1. The highest BCUT2D eigenvalue weighted by molar-refractivity contribution is 5.97. The molecule has 0 fully saturated rings. The van der Waals surface area contributed by atoms with Crippen LogP contribution in [-0.4, -0.2) is 49.4 Å². The second kappa shape index (κ2) is 9.88. The van der Waals surface area contributed by atoms with Crippen molar-refractivity contribution in [3.63, 3.8) is 0 Å². The Morgan fingerprint density at radius 2 is 1.52 bits per heavy atom. The Labute approximate surface area is 167 Å². The van der Waals surface area contributed by atoms with Crippen molar-refractivity contribution in [2.75, 3.05) is 26.0 Å². The number of anilines is 1. The molecular formula is C20H22N4O5. The number of amides is 4. The molecule has 9 nitrogen and oxygen atoms in total. The van der Waals surface area contributed by atoms with Gasteiger partial charge in [-0.3, -0.25) is 9.59 Å². The van der Waals surface area contributed by atoms with Crippen molar-refractivity contribution in [1.82, 2.24) is 10.2 Å². The first-order valence-corrected chi connectivity index (χ1v) is 8.67. The van der Waals surface area contributed by atoms with Crippen LogP contribution >= 0.6 is 0 Å². The zero-order chi connectivity index (χ0) is 21.4. The van der Waals surface area contributed by atoms with Crippen LogP contribution in [0.25, 0.3) is 0 Å². The molecule has 0 saturated carbocycles. The third-order valence-electron chi connectivity index (χ3n) is 3.81. The predicted octanol–water partition coefficient (Wildman–Crippen LogP) is 1.35. The number of rotatable bonds is 7. The molecule has 0 bridgehead atoms. The maximum atomic E-state index is 12.0. The van der Waals surface area contributed by atoms with Crippen LogP contribution in [0.2, 0.25) is 0 Å². The maximum Gasteiger partial charge on any atom is 0.338 e. The molecule has 0 radical (unpaired) electrons. The summed E-state index contributed by atoms with van der Waals surface area (Å²) in [5, 5.41) is 5.02. The summed E-state index contributed by atoms with van der Waals surface area (Å²) in [7, 11) is 3.30. The van der Waals surface area contributed by atoms with E-state index in [1.54, 1.807) is 50.5 Å². The molecule has 0 saturated heterocycles. The van der Waals surface area contributed by atoms with E-state index in [1.165, 1.54) is 17.0 Å². The standard InChI is InChI=1S/C20H22N4O5/c1-24(2)18(26)14-7-9-16(10-8-14)23-17(25)12-29-19(27)15-5-3-13(4-6-15)11-22-20(21)28/h3-10H,11-12H2,1-2H3,(H,23,25)(H3,21,22,28). The summed E-state index contributed by atoms with van der Waals surface area (Å²) in [6, 6.07) is 12.1. The van der Waals surface area contributed by atoms with Crippen LogP contribution in [0.5, 0.6) is 0 Å². The highest BCUT2D eigenvalue weighted by atomic mass is 16.5. The number of esters is 1. The van der Waals surface area contributed by atoms with Crippen LogP contribution in [0, 0.1) is 0 Å². The fraction of sp³-hybridized carbons (Fsp3) is 0.200. The molecule has 29 heavy (non-hydrogen) atoms. The van der Waals surface area contributed by atoms with Gasteiger partial charge in [-0.25, -0.2) is 9.59 Å². The Kier molecular flexibility index (Phi) is 7.30. The lowest BCUT2D eigenvalue weighted by Gasteiger charge is -2.11. The van der Waals surface area contributed by atoms with Gasteiger partial charge in [0.25, 0.3) is 11.8 Å². The lowest BCUT2D eigenvalue weighted by atomic mass is 10.1. The van der Waals surface area contributed by atoms with E-state index in [-0.39, 0.29) is 18.0 Å². The number of nitrogens with two attached hydrogens (primary N) is 1. The summed E-state index contributed by atoms with van der Waals surface area (Å²) in [6.07, 6.45) is 0. The topological polar surface area (TPSA) is 131 Å². The van der Waals surface area contributed by atoms with Gasteiger partial charge in [-0.1, -0.05) is 12.1 Å². The van der Waals surface area contributed by atoms with Crippen molar-refractivity contribution in [2.45, 2.75) is 6.54 Å². The summed E-state index contributed by atoms with van der Waals surface area (Å²) in [4.78, 5) is 48.0. The van der Waals surface area contributed by atoms with E-state index in [4.69, 9.17) is 10.5 Å². The van der Waals surface area contributed by atoms with Gasteiger partial charge in [0.15, 0.2) is 6.61 Å². The second-order valence-corrected chi connectivity index (χ2v) is 6.32. The molecule has 0 heterocycles. The molecule has 2 aromatic rings. The van der Waals surface area contributed by atoms with Crippen LogP contribution in [-0.2, 0) is 16.1 Å². The van der Waals surface area contributed by atoms with Gasteiger partial charge in [0, 0.05) is 31.9 Å². The summed E-state index contributed by atoms with van der Waals surface area (Å²) in [5.41, 5.74) is 7.00. The molecule has 4 amide bonds. The van der Waals surface area contributed by atoms with Gasteiger partial charge in [-0.15, -0.1) is 0 Å². The van der Waals surface area contributed by atoms with Gasteiger partial charge in [0.2, 0.25) is 0 Å². The Morgan fingerprint density at radius 3 is 2.07 bits per heavy atom. The Bertz CT molecular complexity index is 892. The van der Waals surface area contributed by atoms with Gasteiger partial charge in [-0.05, 0) is 42.0 Å². The Morgan fingerprint density at radius 1 is 0.931 bits per heavy atom. The average molecular weight is 398 g/mol. The fourth-order valence-corrected chi connectivity index (χ4v) is 2.31. The molecule has 2 aromatic carbocycles. The van der Waals surface area contributed by atoms with Crippen LogP contribution < -0.4 is 16.4 Å². The van der Waals surface area contributed by atoms with Crippen molar-refractivity contribution in [1.29, 1.82) is 0 Å². The van der Waals surface area contributed by atoms with Gasteiger partial charge in [0.05, 0.1) is 5.56 Å². The highest BCUT2D eigenvalue weighted by Crippen LogP contribution is 2.11. The number of carbonyl (C=O) groups is 4. The minimum absolute atomic E-state index is 0.145. The molecule has 0 aliphatic carbocycles. The van der Waals surface area contributed by atoms with Gasteiger partial charge < -0.3 is 26.0 Å². The Hall–Kier alpha value is -3.88. The van der Waals surface area contributed by atoms with E-state index in [0.29, 0.717) is 11.3 Å². The van der Waals surface area contributed by atoms with Crippen LogP contribution in [0.15, 0.2) is 48.5 Å². The predicted molar refractivity (Wildman–Crippen MR) is 106 cm³/mol. The first-order valence-electron chi connectivity index (χ1n) is 8.67. The van der Waals surface area contributed by atoms with E-state index in [0.717, 1.165) is 5.56 Å². The van der Waals surface area contributed by atoms with Gasteiger partial charge in [0.1, 0.15) is 0 Å². The summed E-state index contributed by atoms with van der Waals surface area (Å²) < 4.78 is 4.99. The monoisotopic (exact) mass is 398 g/mol. The molecule has 0 aliphatic heterocycles. The largest absolute Gasteiger partial charge is 0.452 e. The number of hydrogen-bond donors (Lipinski definition) is 3. The van der Waals surface area contributed by atoms with Crippen LogP contribution in [0.4, 0.5) is 10.5 Å². The normalized spacial score (nSPS) is 10.0. The molecule has 0 aromatic heterocycles. The van der Waals surface area contributed by atoms with E-state index >= 15 is 0 Å². The second-order valence-electron chi connectivity index (χ2n) is 6.32. The summed E-state index contributed by atoms with van der Waals surface area (Å²) in [5.74, 6) is -1.30. The summed E-state index contributed by atoms with van der Waals surface area (Å²) >= 11 is 0. The average Bonchev–Trinajstić information content (AvgIpc) is 2.70. The molecule has 0 unspecified atom stereocenters. The minimum Gasteiger partial charge on any atom is -0.452 e. The van der Waals surface area contributed by atoms with E-state index in [9.17, 15) is 19.2 Å². The lowest BCUT2D eigenvalue weighted by Crippen LogP contribution is -2.28. The fourth-order valence-electron chi connectivity index (χ4n) is 2.31. The van der Waals surface area contributed by atoms with E-state index < -0.39 is 24.5 Å². The van der Waals surface area contributed by atoms with Crippen molar-refractivity contribution in [2.24, 2.45) is 5.73 Å². The first kappa shape index (κ1) is 21.4. The SMILES string of the molecule is CN(C)C(=O)c1ccc(NC(=O)COC(=O)c2ccc(CNC(N)=O)cc2)cc1. The molecular weight excluding hydrogens is 376 g/mol. The molecule has 9 heteroatoms. The molecule has 4 N–H and O–H groups in total. The third-order valence-corrected chi connectivity index (χ3v) is 3.81. The number of carbonyl (C=O) groups excluding carboxylic acids is 4. The summed E-state index contributed by atoms with van der Waals surface area (Å²) in [6.45, 7) is -0.214. The molecule has 0 aliphatic rings. The smallest absolute Gasteiger partial charge is 0.338 e. The number of hydrogen-bond acceptors (Lipinski definition) is 5. The van der Waals surface area contributed by atoms with E-state index in [2.05, 4.69) is 10.6 Å². The highest BCUT2D eigenvalue weighted by Gasteiger charge is 2.12. The number of benzene rings is 2. The van der Waals surface area contributed by atoms with Crippen LogP contribution in [0.1, 0.15) is 26.3 Å². The molecule has 152 valence electrons. The molecule has 0 atom stereocenters. The Balaban J connectivity index is 1.83. The third kappa shape index (κ3) is 6.65. The molecule has 0 spiro atoms. The number of nitrogens with zero attached hydrogens (tertiary/aromatic N) is 1. The number of nitrogens with one attached hydrogen (secondary N) is 2. The molecule has 2 rings (SSSR count). The van der Waals surface area contributed by atoms with Gasteiger partial charge >= 0.3 is 12.0 Å². The number of ether oxygens (including phenoxy) is 1.